The van der Waals surface area contributed by atoms with Crippen molar-refractivity contribution in [2.75, 3.05) is 32.8 Å². The predicted molar refractivity (Wildman–Crippen MR) is 84.8 cm³/mol. The summed E-state index contributed by atoms with van der Waals surface area (Å²) >= 11 is 0. The fourth-order valence-electron chi connectivity index (χ4n) is 3.97. The molecule has 1 atom stereocenters. The number of benzene rings is 1. The molecule has 124 valence electrons. The highest BCUT2D eigenvalue weighted by molar-refractivity contribution is 5.74. The molecule has 1 unspecified atom stereocenters. The SMILES string of the molecule is O=C(NCC1(c2cccc(F)c2)CC1)N1CCC2(CCOC2)C1. The fraction of sp³-hybridized carbons (Fsp3) is 0.611. The van der Waals surface area contributed by atoms with Gasteiger partial charge in [0.2, 0.25) is 0 Å². The summed E-state index contributed by atoms with van der Waals surface area (Å²) in [5.41, 5.74) is 1.13. The van der Waals surface area contributed by atoms with E-state index in [-0.39, 0.29) is 22.7 Å². The highest BCUT2D eigenvalue weighted by atomic mass is 19.1. The minimum atomic E-state index is -0.206. The van der Waals surface area contributed by atoms with Crippen LogP contribution in [0.3, 0.4) is 0 Å². The second-order valence-electron chi connectivity index (χ2n) is 7.42. The Morgan fingerprint density at radius 3 is 2.87 bits per heavy atom. The van der Waals surface area contributed by atoms with Crippen LogP contribution in [0.25, 0.3) is 0 Å². The lowest BCUT2D eigenvalue weighted by molar-refractivity contribution is 0.152. The zero-order valence-electron chi connectivity index (χ0n) is 13.3. The normalized spacial score (nSPS) is 28.3. The molecule has 2 saturated heterocycles. The second-order valence-corrected chi connectivity index (χ2v) is 7.42. The number of carbonyl (C=O) groups is 1. The van der Waals surface area contributed by atoms with Crippen molar-refractivity contribution in [2.45, 2.75) is 31.1 Å². The van der Waals surface area contributed by atoms with E-state index >= 15 is 0 Å². The van der Waals surface area contributed by atoms with E-state index in [2.05, 4.69) is 5.32 Å². The van der Waals surface area contributed by atoms with Crippen LogP contribution in [0, 0.1) is 11.2 Å². The van der Waals surface area contributed by atoms with Gasteiger partial charge < -0.3 is 15.0 Å². The molecule has 3 aliphatic rings. The van der Waals surface area contributed by atoms with Crippen LogP contribution in [-0.2, 0) is 10.2 Å². The largest absolute Gasteiger partial charge is 0.381 e. The molecule has 3 fully saturated rings. The summed E-state index contributed by atoms with van der Waals surface area (Å²) in [6.07, 6.45) is 4.11. The Bertz CT molecular complexity index is 609. The van der Waals surface area contributed by atoms with Crippen LogP contribution in [0.1, 0.15) is 31.2 Å². The number of carbonyl (C=O) groups excluding carboxylic acids is 1. The number of ether oxygens (including phenoxy) is 1. The molecule has 1 saturated carbocycles. The zero-order valence-corrected chi connectivity index (χ0v) is 13.3. The molecule has 5 heteroatoms. The first-order chi connectivity index (χ1) is 11.1. The molecule has 1 aliphatic carbocycles. The van der Waals surface area contributed by atoms with Crippen LogP contribution in [0.4, 0.5) is 9.18 Å². The monoisotopic (exact) mass is 318 g/mol. The van der Waals surface area contributed by atoms with Crippen molar-refractivity contribution in [1.29, 1.82) is 0 Å². The molecular formula is C18H23FN2O2. The van der Waals surface area contributed by atoms with Gasteiger partial charge in [-0.3, -0.25) is 0 Å². The molecule has 0 aromatic heterocycles. The van der Waals surface area contributed by atoms with Gasteiger partial charge >= 0.3 is 6.03 Å². The Kier molecular flexibility index (Phi) is 3.56. The summed E-state index contributed by atoms with van der Waals surface area (Å²) in [6.45, 7) is 3.80. The van der Waals surface area contributed by atoms with E-state index in [9.17, 15) is 9.18 Å². The van der Waals surface area contributed by atoms with Crippen molar-refractivity contribution in [3.05, 3.63) is 35.6 Å². The molecule has 23 heavy (non-hydrogen) atoms. The third-order valence-corrected chi connectivity index (χ3v) is 5.78. The smallest absolute Gasteiger partial charge is 0.317 e. The van der Waals surface area contributed by atoms with Crippen molar-refractivity contribution in [2.24, 2.45) is 5.41 Å². The van der Waals surface area contributed by atoms with Crippen LogP contribution in [0.5, 0.6) is 0 Å². The predicted octanol–water partition coefficient (Wildman–Crippen LogP) is 2.68. The van der Waals surface area contributed by atoms with Gasteiger partial charge in [-0.1, -0.05) is 12.1 Å². The zero-order chi connectivity index (χ0) is 15.9. The average molecular weight is 318 g/mol. The third kappa shape index (κ3) is 2.82. The number of likely N-dealkylation sites (tertiary alicyclic amines) is 1. The summed E-state index contributed by atoms with van der Waals surface area (Å²) in [7, 11) is 0. The van der Waals surface area contributed by atoms with Gasteiger partial charge in [-0.2, -0.15) is 0 Å². The Labute approximate surface area is 136 Å². The molecule has 1 aromatic rings. The number of rotatable bonds is 3. The van der Waals surface area contributed by atoms with E-state index in [0.717, 1.165) is 57.6 Å². The molecule has 2 aliphatic heterocycles. The molecule has 1 N–H and O–H groups in total. The van der Waals surface area contributed by atoms with Crippen molar-refractivity contribution < 1.29 is 13.9 Å². The lowest BCUT2D eigenvalue weighted by Gasteiger charge is -2.24. The minimum absolute atomic E-state index is 0.0106. The van der Waals surface area contributed by atoms with Gasteiger partial charge in [0, 0.05) is 37.1 Å². The summed E-state index contributed by atoms with van der Waals surface area (Å²) in [5, 5.41) is 3.08. The van der Waals surface area contributed by atoms with Crippen molar-refractivity contribution in [3.8, 4) is 0 Å². The molecule has 4 nitrogen and oxygen atoms in total. The highest BCUT2D eigenvalue weighted by Gasteiger charge is 2.46. The topological polar surface area (TPSA) is 41.6 Å². The Balaban J connectivity index is 1.35. The van der Waals surface area contributed by atoms with Gasteiger partial charge in [0.25, 0.3) is 0 Å². The Hall–Kier alpha value is -1.62. The van der Waals surface area contributed by atoms with Gasteiger partial charge in [-0.25, -0.2) is 9.18 Å². The number of urea groups is 1. The quantitative estimate of drug-likeness (QED) is 0.931. The highest BCUT2D eigenvalue weighted by Crippen LogP contribution is 2.47. The molecule has 2 heterocycles. The van der Waals surface area contributed by atoms with Crippen LogP contribution in [-0.4, -0.2) is 43.8 Å². The standard InChI is InChI=1S/C18H23FN2O2/c19-15-3-1-2-14(10-15)18(4-5-18)11-20-16(22)21-8-6-17(12-21)7-9-23-13-17/h1-3,10H,4-9,11-13H2,(H,20,22). The van der Waals surface area contributed by atoms with Crippen molar-refractivity contribution >= 4 is 6.03 Å². The first-order valence-electron chi connectivity index (χ1n) is 8.48. The lowest BCUT2D eigenvalue weighted by atomic mass is 9.87. The molecule has 0 bridgehead atoms. The Morgan fingerprint density at radius 2 is 2.17 bits per heavy atom. The average Bonchev–Trinajstić information content (AvgIpc) is 3.02. The number of hydrogen-bond acceptors (Lipinski definition) is 2. The van der Waals surface area contributed by atoms with Gasteiger partial charge in [0.15, 0.2) is 0 Å². The van der Waals surface area contributed by atoms with Crippen LogP contribution in [0.2, 0.25) is 0 Å². The maximum Gasteiger partial charge on any atom is 0.317 e. The van der Waals surface area contributed by atoms with E-state index in [1.807, 2.05) is 11.0 Å². The van der Waals surface area contributed by atoms with Gasteiger partial charge in [-0.15, -0.1) is 0 Å². The van der Waals surface area contributed by atoms with Crippen LogP contribution in [0.15, 0.2) is 24.3 Å². The van der Waals surface area contributed by atoms with Crippen molar-refractivity contribution in [3.63, 3.8) is 0 Å². The number of halogens is 1. The number of nitrogens with zero attached hydrogens (tertiary/aromatic N) is 1. The van der Waals surface area contributed by atoms with E-state index in [1.54, 1.807) is 12.1 Å². The van der Waals surface area contributed by atoms with Gasteiger partial charge in [0.1, 0.15) is 5.82 Å². The van der Waals surface area contributed by atoms with Crippen molar-refractivity contribution in [1.82, 2.24) is 10.2 Å². The van der Waals surface area contributed by atoms with E-state index in [0.29, 0.717) is 6.54 Å². The van der Waals surface area contributed by atoms with Gasteiger partial charge in [-0.05, 0) is 43.4 Å². The molecule has 1 spiro atoms. The molecule has 2 amide bonds. The fourth-order valence-corrected chi connectivity index (χ4v) is 3.97. The second kappa shape index (κ2) is 5.48. The number of nitrogens with one attached hydrogen (secondary N) is 1. The van der Waals surface area contributed by atoms with Gasteiger partial charge in [0.05, 0.1) is 6.61 Å². The summed E-state index contributed by atoms with van der Waals surface area (Å²) in [5.74, 6) is -0.206. The maximum atomic E-state index is 13.4. The summed E-state index contributed by atoms with van der Waals surface area (Å²) < 4.78 is 18.9. The maximum absolute atomic E-state index is 13.4. The number of amides is 2. The first kappa shape index (κ1) is 14.9. The molecule has 0 radical (unpaired) electrons. The van der Waals surface area contributed by atoms with E-state index < -0.39 is 0 Å². The lowest BCUT2D eigenvalue weighted by Crippen LogP contribution is -2.43. The molecule has 4 rings (SSSR count). The van der Waals surface area contributed by atoms with Crippen LogP contribution < -0.4 is 5.32 Å². The molecule has 1 aromatic carbocycles. The number of hydrogen-bond donors (Lipinski definition) is 1. The first-order valence-corrected chi connectivity index (χ1v) is 8.48. The minimum Gasteiger partial charge on any atom is -0.381 e. The van der Waals surface area contributed by atoms with Crippen LogP contribution >= 0.6 is 0 Å². The van der Waals surface area contributed by atoms with E-state index in [4.69, 9.17) is 4.74 Å². The summed E-state index contributed by atoms with van der Waals surface area (Å²) in [6, 6.07) is 6.78. The third-order valence-electron chi connectivity index (χ3n) is 5.78. The van der Waals surface area contributed by atoms with E-state index in [1.165, 1.54) is 6.07 Å². The summed E-state index contributed by atoms with van der Waals surface area (Å²) in [4.78, 5) is 14.4. The Morgan fingerprint density at radius 1 is 1.30 bits per heavy atom. The molecular weight excluding hydrogens is 295 g/mol.